The largest absolute Gasteiger partial charge is 0.485 e. The minimum atomic E-state index is -1.13. The second-order valence-corrected chi connectivity index (χ2v) is 5.92. The second-order valence-electron chi connectivity index (χ2n) is 5.92. The van der Waals surface area contributed by atoms with Crippen LogP contribution in [0.1, 0.15) is 20.3 Å². The molecular weight excluding hydrogens is 303 g/mol. The highest BCUT2D eigenvalue weighted by atomic mass is 19.1. The minimum absolute atomic E-state index is 0.0931. The second kappa shape index (κ2) is 6.95. The van der Waals surface area contributed by atoms with E-state index < -0.39 is 17.5 Å². The number of nitrogens with zero attached hydrogens (tertiary/aromatic N) is 1. The van der Waals surface area contributed by atoms with Crippen LogP contribution in [0, 0.1) is 5.82 Å². The first kappa shape index (κ1) is 17.2. The van der Waals surface area contributed by atoms with E-state index >= 15 is 0 Å². The van der Waals surface area contributed by atoms with Gasteiger partial charge in [-0.05, 0) is 25.5 Å². The normalized spacial score (nSPS) is 24.2. The Bertz CT molecular complexity index is 591. The molecule has 0 saturated carbocycles. The van der Waals surface area contributed by atoms with Crippen molar-refractivity contribution in [3.8, 4) is 5.75 Å². The van der Waals surface area contributed by atoms with Crippen LogP contribution in [-0.4, -0.2) is 53.2 Å². The molecule has 23 heavy (non-hydrogen) atoms. The molecule has 0 radical (unpaired) electrons. The molecule has 2 atom stereocenters. The first-order valence-corrected chi connectivity index (χ1v) is 7.45. The van der Waals surface area contributed by atoms with Crippen LogP contribution in [0.3, 0.4) is 0 Å². The van der Waals surface area contributed by atoms with Crippen molar-refractivity contribution in [2.45, 2.75) is 32.0 Å². The smallest absolute Gasteiger partial charge is 0.242 e. The van der Waals surface area contributed by atoms with Crippen LogP contribution in [0.2, 0.25) is 0 Å². The summed E-state index contributed by atoms with van der Waals surface area (Å²) >= 11 is 0. The first-order valence-electron chi connectivity index (χ1n) is 7.45. The summed E-state index contributed by atoms with van der Waals surface area (Å²) in [7, 11) is 0. The van der Waals surface area contributed by atoms with Crippen LogP contribution in [0.25, 0.3) is 0 Å². The number of hydrogen-bond donors (Lipinski definition) is 2. The number of aliphatic hydroxyl groups is 1. The number of hydrogen-bond acceptors (Lipinski definition) is 4. The van der Waals surface area contributed by atoms with Crippen LogP contribution in [0.4, 0.5) is 4.39 Å². The molecule has 1 aliphatic rings. The molecule has 0 spiro atoms. The van der Waals surface area contributed by atoms with Gasteiger partial charge in [0, 0.05) is 19.5 Å². The van der Waals surface area contributed by atoms with E-state index in [1.165, 1.54) is 30.0 Å². The number of rotatable bonds is 4. The molecule has 1 aromatic carbocycles. The SMILES string of the molecule is CC(=O)NCC(=O)N1CC[C@](C)(O)[C@@H](Oc2cccc(F)c2)C1. The highest BCUT2D eigenvalue weighted by Crippen LogP contribution is 2.27. The fourth-order valence-electron chi connectivity index (χ4n) is 2.42. The maximum atomic E-state index is 13.2. The van der Waals surface area contributed by atoms with E-state index in [-0.39, 0.29) is 24.9 Å². The number of carbonyl (C=O) groups excluding carboxylic acids is 2. The van der Waals surface area contributed by atoms with Gasteiger partial charge in [0.1, 0.15) is 23.3 Å². The summed E-state index contributed by atoms with van der Waals surface area (Å²) in [6, 6.07) is 5.64. The molecule has 2 rings (SSSR count). The molecular formula is C16H21FN2O4. The molecule has 1 aliphatic heterocycles. The zero-order valence-corrected chi connectivity index (χ0v) is 13.2. The lowest BCUT2D eigenvalue weighted by molar-refractivity contribution is -0.143. The van der Waals surface area contributed by atoms with Gasteiger partial charge in [0.15, 0.2) is 0 Å². The van der Waals surface area contributed by atoms with Gasteiger partial charge in [-0.15, -0.1) is 0 Å². The van der Waals surface area contributed by atoms with Crippen LogP contribution in [0.5, 0.6) is 5.75 Å². The Labute approximate surface area is 134 Å². The molecule has 0 bridgehead atoms. The van der Waals surface area contributed by atoms with E-state index in [2.05, 4.69) is 5.32 Å². The number of amides is 2. The summed E-state index contributed by atoms with van der Waals surface area (Å²) in [5, 5.41) is 12.9. The van der Waals surface area contributed by atoms with Crippen molar-refractivity contribution in [2.75, 3.05) is 19.6 Å². The number of carbonyl (C=O) groups is 2. The van der Waals surface area contributed by atoms with Crippen molar-refractivity contribution in [1.29, 1.82) is 0 Å². The predicted molar refractivity (Wildman–Crippen MR) is 81.3 cm³/mol. The van der Waals surface area contributed by atoms with Gasteiger partial charge < -0.3 is 20.1 Å². The Hall–Kier alpha value is -2.15. The van der Waals surface area contributed by atoms with Gasteiger partial charge in [0.25, 0.3) is 0 Å². The predicted octanol–water partition coefficient (Wildman–Crippen LogP) is 0.693. The first-order chi connectivity index (χ1) is 10.8. The summed E-state index contributed by atoms with van der Waals surface area (Å²) in [5.74, 6) is -0.665. The van der Waals surface area contributed by atoms with Crippen LogP contribution >= 0.6 is 0 Å². The average Bonchev–Trinajstić information content (AvgIpc) is 2.47. The lowest BCUT2D eigenvalue weighted by Gasteiger charge is -2.42. The summed E-state index contributed by atoms with van der Waals surface area (Å²) in [5.41, 5.74) is -1.13. The van der Waals surface area contributed by atoms with Crippen molar-refractivity contribution >= 4 is 11.8 Å². The number of ether oxygens (including phenoxy) is 1. The number of piperidine rings is 1. The quantitative estimate of drug-likeness (QED) is 0.854. The third kappa shape index (κ3) is 4.66. The highest BCUT2D eigenvalue weighted by molar-refractivity contribution is 5.83. The summed E-state index contributed by atoms with van der Waals surface area (Å²) in [6.07, 6.45) is -0.349. The Balaban J connectivity index is 2.04. The number of benzene rings is 1. The Morgan fingerprint density at radius 3 is 2.91 bits per heavy atom. The van der Waals surface area contributed by atoms with E-state index in [1.807, 2.05) is 0 Å². The topological polar surface area (TPSA) is 78.9 Å². The summed E-state index contributed by atoms with van der Waals surface area (Å²) in [6.45, 7) is 3.41. The van der Waals surface area contributed by atoms with E-state index in [4.69, 9.17) is 4.74 Å². The Morgan fingerprint density at radius 1 is 1.52 bits per heavy atom. The van der Waals surface area contributed by atoms with Crippen molar-refractivity contribution in [2.24, 2.45) is 0 Å². The average molecular weight is 324 g/mol. The fourth-order valence-corrected chi connectivity index (χ4v) is 2.42. The standard InChI is InChI=1S/C16H21FN2O4/c1-11(20)18-9-15(21)19-7-6-16(2,22)14(10-19)23-13-5-3-4-12(17)8-13/h3-5,8,14,22H,6-7,9-10H2,1-2H3,(H,18,20)/t14-,16-/m0/s1. The molecule has 6 nitrogen and oxygen atoms in total. The lowest BCUT2D eigenvalue weighted by atomic mass is 9.90. The minimum Gasteiger partial charge on any atom is -0.485 e. The van der Waals surface area contributed by atoms with Crippen LogP contribution in [0.15, 0.2) is 24.3 Å². The monoisotopic (exact) mass is 324 g/mol. The molecule has 1 heterocycles. The molecule has 7 heteroatoms. The summed E-state index contributed by atoms with van der Waals surface area (Å²) in [4.78, 5) is 24.5. The molecule has 1 aromatic rings. The van der Waals surface area contributed by atoms with Gasteiger partial charge in [0.2, 0.25) is 11.8 Å². The van der Waals surface area contributed by atoms with Gasteiger partial charge in [0.05, 0.1) is 13.1 Å². The number of nitrogens with one attached hydrogen (secondary N) is 1. The zero-order valence-electron chi connectivity index (χ0n) is 13.2. The maximum absolute atomic E-state index is 13.2. The van der Waals surface area contributed by atoms with E-state index in [9.17, 15) is 19.1 Å². The molecule has 0 aliphatic carbocycles. The lowest BCUT2D eigenvalue weighted by Crippen LogP contribution is -2.58. The van der Waals surface area contributed by atoms with Crippen LogP contribution < -0.4 is 10.1 Å². The van der Waals surface area contributed by atoms with E-state index in [0.717, 1.165) is 0 Å². The molecule has 1 saturated heterocycles. The molecule has 0 aromatic heterocycles. The molecule has 1 fully saturated rings. The van der Waals surface area contributed by atoms with Gasteiger partial charge >= 0.3 is 0 Å². The van der Waals surface area contributed by atoms with Gasteiger partial charge in [-0.2, -0.15) is 0 Å². The molecule has 0 unspecified atom stereocenters. The fraction of sp³-hybridized carbons (Fsp3) is 0.500. The molecule has 2 N–H and O–H groups in total. The van der Waals surface area contributed by atoms with Crippen molar-refractivity contribution in [3.05, 3.63) is 30.1 Å². The Morgan fingerprint density at radius 2 is 2.26 bits per heavy atom. The van der Waals surface area contributed by atoms with E-state index in [1.54, 1.807) is 13.0 Å². The summed E-state index contributed by atoms with van der Waals surface area (Å²) < 4.78 is 18.9. The van der Waals surface area contributed by atoms with Crippen molar-refractivity contribution < 1.29 is 23.8 Å². The van der Waals surface area contributed by atoms with Crippen molar-refractivity contribution in [1.82, 2.24) is 10.2 Å². The third-order valence-electron chi connectivity index (χ3n) is 3.88. The third-order valence-corrected chi connectivity index (χ3v) is 3.88. The molecule has 2 amide bonds. The zero-order chi connectivity index (χ0) is 17.0. The number of halogens is 1. The van der Waals surface area contributed by atoms with Gasteiger partial charge in [-0.25, -0.2) is 4.39 Å². The van der Waals surface area contributed by atoms with Gasteiger partial charge in [-0.3, -0.25) is 9.59 Å². The highest BCUT2D eigenvalue weighted by Gasteiger charge is 2.40. The van der Waals surface area contributed by atoms with Gasteiger partial charge in [-0.1, -0.05) is 6.07 Å². The Kier molecular flexibility index (Phi) is 5.20. The molecule has 126 valence electrons. The maximum Gasteiger partial charge on any atom is 0.242 e. The number of likely N-dealkylation sites (tertiary alicyclic amines) is 1. The van der Waals surface area contributed by atoms with Crippen LogP contribution in [-0.2, 0) is 9.59 Å². The van der Waals surface area contributed by atoms with E-state index in [0.29, 0.717) is 18.7 Å². The van der Waals surface area contributed by atoms with Crippen molar-refractivity contribution in [3.63, 3.8) is 0 Å².